The molecule has 1 amide bonds. The molecule has 5 heteroatoms. The number of halogens is 1. The summed E-state index contributed by atoms with van der Waals surface area (Å²) in [6.45, 7) is 3.09. The predicted octanol–water partition coefficient (Wildman–Crippen LogP) is 4.11. The highest BCUT2D eigenvalue weighted by Gasteiger charge is 2.07. The lowest BCUT2D eigenvalue weighted by molar-refractivity contribution is 0.0953. The number of pyridine rings is 1. The molecule has 0 unspecified atom stereocenters. The van der Waals surface area contributed by atoms with Gasteiger partial charge in [-0.1, -0.05) is 48.0 Å². The van der Waals surface area contributed by atoms with Crippen LogP contribution >= 0.6 is 0 Å². The first kappa shape index (κ1) is 18.6. The molecule has 3 rings (SSSR count). The van der Waals surface area contributed by atoms with Crippen LogP contribution in [-0.4, -0.2) is 17.4 Å². The number of hydrogen-bond donors (Lipinski definition) is 2. The van der Waals surface area contributed by atoms with Gasteiger partial charge in [-0.25, -0.2) is 9.37 Å². The lowest BCUT2D eigenvalue weighted by atomic mass is 10.1. The third-order valence-corrected chi connectivity index (χ3v) is 4.26. The number of carbonyl (C=O) groups excluding carboxylic acids is 1. The molecule has 0 bridgehead atoms. The van der Waals surface area contributed by atoms with Crippen molar-refractivity contribution in [3.05, 3.63) is 94.9 Å². The van der Waals surface area contributed by atoms with Crippen LogP contribution < -0.4 is 10.6 Å². The number of aromatic nitrogens is 1. The highest BCUT2D eigenvalue weighted by Crippen LogP contribution is 2.10. The van der Waals surface area contributed by atoms with Crippen LogP contribution in [-0.2, 0) is 13.0 Å². The van der Waals surface area contributed by atoms with Gasteiger partial charge in [0.15, 0.2) is 0 Å². The van der Waals surface area contributed by atoms with Crippen molar-refractivity contribution in [3.63, 3.8) is 0 Å². The van der Waals surface area contributed by atoms with Gasteiger partial charge in [-0.05, 0) is 42.7 Å². The summed E-state index contributed by atoms with van der Waals surface area (Å²) in [4.78, 5) is 16.5. The summed E-state index contributed by atoms with van der Waals surface area (Å²) in [6.07, 6.45) is 1.98. The maximum absolute atomic E-state index is 13.6. The van der Waals surface area contributed by atoms with Crippen LogP contribution in [0.5, 0.6) is 0 Å². The number of rotatable bonds is 7. The van der Waals surface area contributed by atoms with E-state index >= 15 is 0 Å². The molecule has 0 aliphatic heterocycles. The normalized spacial score (nSPS) is 10.4. The number of amides is 1. The molecule has 0 aliphatic carbocycles. The maximum atomic E-state index is 13.6. The van der Waals surface area contributed by atoms with Gasteiger partial charge in [-0.2, -0.15) is 0 Å². The molecule has 138 valence electrons. The number of aryl methyl sites for hydroxylation is 1. The Labute approximate surface area is 158 Å². The van der Waals surface area contributed by atoms with Crippen LogP contribution in [0.4, 0.5) is 10.2 Å². The number of nitrogens with zero attached hydrogens (tertiary/aromatic N) is 1. The Balaban J connectivity index is 1.48. The zero-order chi connectivity index (χ0) is 19.1. The molecule has 27 heavy (non-hydrogen) atoms. The van der Waals surface area contributed by atoms with Gasteiger partial charge >= 0.3 is 0 Å². The van der Waals surface area contributed by atoms with Gasteiger partial charge in [-0.15, -0.1) is 0 Å². The van der Waals surface area contributed by atoms with Crippen molar-refractivity contribution in [2.75, 3.05) is 11.9 Å². The summed E-state index contributed by atoms with van der Waals surface area (Å²) in [7, 11) is 0. The predicted molar refractivity (Wildman–Crippen MR) is 105 cm³/mol. The van der Waals surface area contributed by atoms with E-state index < -0.39 is 0 Å². The highest BCUT2D eigenvalue weighted by molar-refractivity contribution is 5.94. The van der Waals surface area contributed by atoms with E-state index in [-0.39, 0.29) is 11.7 Å². The molecule has 0 fully saturated rings. The Morgan fingerprint density at radius 3 is 2.52 bits per heavy atom. The molecule has 1 aromatic heterocycles. The van der Waals surface area contributed by atoms with Gasteiger partial charge in [0.2, 0.25) is 0 Å². The van der Waals surface area contributed by atoms with E-state index in [1.807, 2.05) is 0 Å². The topological polar surface area (TPSA) is 54.0 Å². The molecule has 0 aliphatic rings. The molecule has 1 heterocycles. The first-order valence-electron chi connectivity index (χ1n) is 8.89. The Hall–Kier alpha value is -3.21. The molecular weight excluding hydrogens is 341 g/mol. The molecule has 2 N–H and O–H groups in total. The minimum atomic E-state index is -0.252. The summed E-state index contributed by atoms with van der Waals surface area (Å²) in [5.41, 5.74) is 3.45. The molecule has 0 saturated heterocycles. The molecule has 0 spiro atoms. The van der Waals surface area contributed by atoms with E-state index in [0.717, 1.165) is 5.56 Å². The van der Waals surface area contributed by atoms with Crippen LogP contribution in [0.1, 0.15) is 27.0 Å². The first-order chi connectivity index (χ1) is 13.1. The summed E-state index contributed by atoms with van der Waals surface area (Å²) < 4.78 is 13.6. The molecule has 3 aromatic rings. The fourth-order valence-electron chi connectivity index (χ4n) is 2.65. The molecule has 4 nitrogen and oxygen atoms in total. The van der Waals surface area contributed by atoms with E-state index in [9.17, 15) is 9.18 Å². The van der Waals surface area contributed by atoms with Crippen LogP contribution in [0.3, 0.4) is 0 Å². The summed E-state index contributed by atoms with van der Waals surface area (Å²) >= 11 is 0. The largest absolute Gasteiger partial charge is 0.366 e. The second-order valence-corrected chi connectivity index (χ2v) is 6.37. The fourth-order valence-corrected chi connectivity index (χ4v) is 2.65. The van der Waals surface area contributed by atoms with Crippen LogP contribution in [0.15, 0.2) is 66.9 Å². The molecular formula is C22H22FN3O. The fraction of sp³-hybridized carbons (Fsp3) is 0.182. The van der Waals surface area contributed by atoms with E-state index in [4.69, 9.17) is 0 Å². The van der Waals surface area contributed by atoms with Crippen molar-refractivity contribution in [3.8, 4) is 0 Å². The number of benzene rings is 2. The molecule has 0 radical (unpaired) electrons. The summed E-state index contributed by atoms with van der Waals surface area (Å²) in [5.74, 6) is 0.236. The van der Waals surface area contributed by atoms with E-state index in [2.05, 4.69) is 46.8 Å². The Morgan fingerprint density at radius 1 is 1.04 bits per heavy atom. The molecule has 2 aromatic carbocycles. The average Bonchev–Trinajstić information content (AvgIpc) is 2.69. The van der Waals surface area contributed by atoms with Gasteiger partial charge in [0.25, 0.3) is 5.91 Å². The third kappa shape index (κ3) is 5.38. The van der Waals surface area contributed by atoms with Crippen LogP contribution in [0.25, 0.3) is 0 Å². The van der Waals surface area contributed by atoms with Gasteiger partial charge < -0.3 is 10.6 Å². The van der Waals surface area contributed by atoms with Gasteiger partial charge in [0.05, 0.1) is 5.56 Å². The second kappa shape index (κ2) is 8.94. The lowest BCUT2D eigenvalue weighted by Gasteiger charge is -2.08. The minimum absolute atomic E-state index is 0.219. The third-order valence-electron chi connectivity index (χ3n) is 4.26. The molecule has 0 atom stereocenters. The van der Waals surface area contributed by atoms with Gasteiger partial charge in [-0.3, -0.25) is 4.79 Å². The first-order valence-corrected chi connectivity index (χ1v) is 8.89. The maximum Gasteiger partial charge on any atom is 0.252 e. The average molecular weight is 363 g/mol. The monoisotopic (exact) mass is 363 g/mol. The highest BCUT2D eigenvalue weighted by atomic mass is 19.1. The van der Waals surface area contributed by atoms with E-state index in [0.29, 0.717) is 36.5 Å². The van der Waals surface area contributed by atoms with Gasteiger partial charge in [0, 0.05) is 19.3 Å². The number of anilines is 1. The van der Waals surface area contributed by atoms with Crippen molar-refractivity contribution in [2.45, 2.75) is 19.9 Å². The minimum Gasteiger partial charge on any atom is -0.366 e. The SMILES string of the molecule is Cc1ccc(CNc2ccc(C(=O)NCCc3ccccc3F)cn2)cc1. The van der Waals surface area contributed by atoms with Gasteiger partial charge in [0.1, 0.15) is 11.6 Å². The van der Waals surface area contributed by atoms with Crippen molar-refractivity contribution in [1.29, 1.82) is 0 Å². The number of carbonyl (C=O) groups is 1. The Morgan fingerprint density at radius 2 is 1.81 bits per heavy atom. The smallest absolute Gasteiger partial charge is 0.252 e. The number of hydrogen-bond acceptors (Lipinski definition) is 3. The summed E-state index contributed by atoms with van der Waals surface area (Å²) in [5, 5.41) is 6.02. The van der Waals surface area contributed by atoms with Crippen molar-refractivity contribution < 1.29 is 9.18 Å². The van der Waals surface area contributed by atoms with Crippen molar-refractivity contribution in [2.24, 2.45) is 0 Å². The Kier molecular flexibility index (Phi) is 6.15. The lowest BCUT2D eigenvalue weighted by Crippen LogP contribution is -2.26. The van der Waals surface area contributed by atoms with Crippen molar-refractivity contribution >= 4 is 11.7 Å². The zero-order valence-electron chi connectivity index (χ0n) is 15.2. The number of nitrogens with one attached hydrogen (secondary N) is 2. The second-order valence-electron chi connectivity index (χ2n) is 6.37. The summed E-state index contributed by atoms with van der Waals surface area (Å²) in [6, 6.07) is 18.4. The molecule has 0 saturated carbocycles. The quantitative estimate of drug-likeness (QED) is 0.664. The van der Waals surface area contributed by atoms with Crippen molar-refractivity contribution in [1.82, 2.24) is 10.3 Å². The van der Waals surface area contributed by atoms with E-state index in [1.165, 1.54) is 17.8 Å². The van der Waals surface area contributed by atoms with Crippen LogP contribution in [0, 0.1) is 12.7 Å². The zero-order valence-corrected chi connectivity index (χ0v) is 15.2. The standard InChI is InChI=1S/C22H22FN3O/c1-16-6-8-17(9-7-16)14-25-21-11-10-19(15-26-21)22(27)24-13-12-18-4-2-3-5-20(18)23/h2-11,15H,12-14H2,1H3,(H,24,27)(H,25,26). The van der Waals surface area contributed by atoms with E-state index in [1.54, 1.807) is 30.3 Å². The Bertz CT molecular complexity index is 892. The van der Waals surface area contributed by atoms with Crippen LogP contribution in [0.2, 0.25) is 0 Å².